The maximum absolute atomic E-state index is 4.92. The molecule has 148 valence electrons. The van der Waals surface area contributed by atoms with Gasteiger partial charge in [0.25, 0.3) is 0 Å². The van der Waals surface area contributed by atoms with Gasteiger partial charge in [0.05, 0.1) is 22.8 Å². The van der Waals surface area contributed by atoms with Crippen LogP contribution in [0.2, 0.25) is 0 Å². The van der Waals surface area contributed by atoms with Gasteiger partial charge in [0.15, 0.2) is 0 Å². The number of H-pyrrole nitrogens is 2. The summed E-state index contributed by atoms with van der Waals surface area (Å²) < 4.78 is 1.05. The third-order valence-electron chi connectivity index (χ3n) is 5.35. The molecule has 0 unspecified atom stereocenters. The normalized spacial score (nSPS) is 12.4. The lowest BCUT2D eigenvalue weighted by Gasteiger charge is -2.04. The minimum absolute atomic E-state index is 0.914. The molecule has 4 aromatic rings. The van der Waals surface area contributed by atoms with Gasteiger partial charge in [-0.2, -0.15) is 0 Å². The fraction of sp³-hybridized carbons (Fsp3) is 0. The molecule has 0 aliphatic carbocycles. The van der Waals surface area contributed by atoms with E-state index in [1.807, 2.05) is 18.2 Å². The second kappa shape index (κ2) is 7.22. The molecule has 0 saturated heterocycles. The number of benzene rings is 1. The van der Waals surface area contributed by atoms with Gasteiger partial charge in [0.2, 0.25) is 0 Å². The molecule has 0 spiro atoms. The van der Waals surface area contributed by atoms with E-state index in [1.165, 1.54) is 0 Å². The van der Waals surface area contributed by atoms with Gasteiger partial charge in [0, 0.05) is 32.1 Å². The van der Waals surface area contributed by atoms with E-state index in [0.29, 0.717) is 0 Å². The first-order chi connectivity index (χ1) is 15.2. The molecule has 0 atom stereocenters. The third kappa shape index (κ3) is 3.53. The molecule has 4 nitrogen and oxygen atoms in total. The second-order valence-electron chi connectivity index (χ2n) is 7.56. The number of aromatic amines is 2. The molecular weight excluding hydrogens is 448 g/mol. The van der Waals surface area contributed by atoms with Crippen molar-refractivity contribution in [2.24, 2.45) is 0 Å². The van der Waals surface area contributed by atoms with Gasteiger partial charge in [-0.3, -0.25) is 0 Å². The quantitative estimate of drug-likeness (QED) is 0.273. The Labute approximate surface area is 187 Å². The van der Waals surface area contributed by atoms with E-state index < -0.39 is 0 Å². The Morgan fingerprint density at radius 2 is 1.16 bits per heavy atom. The summed E-state index contributed by atoms with van der Waals surface area (Å²) in [5.41, 5.74) is 9.90. The molecule has 8 bridgehead atoms. The van der Waals surface area contributed by atoms with E-state index in [4.69, 9.17) is 9.97 Å². The molecule has 3 aromatic heterocycles. The first-order valence-electron chi connectivity index (χ1n) is 10.0. The van der Waals surface area contributed by atoms with Crippen LogP contribution in [0.4, 0.5) is 0 Å². The van der Waals surface area contributed by atoms with E-state index >= 15 is 0 Å². The van der Waals surface area contributed by atoms with Gasteiger partial charge in [-0.05, 0) is 84.5 Å². The highest BCUT2D eigenvalue weighted by molar-refractivity contribution is 9.10. The minimum atomic E-state index is 0.914. The molecule has 0 radical (unpaired) electrons. The van der Waals surface area contributed by atoms with Crippen LogP contribution in [-0.2, 0) is 0 Å². The number of hydrogen-bond acceptors (Lipinski definition) is 2. The first kappa shape index (κ1) is 18.1. The van der Waals surface area contributed by atoms with Gasteiger partial charge < -0.3 is 9.97 Å². The van der Waals surface area contributed by atoms with Gasteiger partial charge in [0.1, 0.15) is 0 Å². The molecule has 0 fully saturated rings. The number of hydrogen-bond donors (Lipinski definition) is 2. The topological polar surface area (TPSA) is 57.4 Å². The molecular formula is C26H17BrN4. The predicted molar refractivity (Wildman–Crippen MR) is 132 cm³/mol. The summed E-state index contributed by atoms with van der Waals surface area (Å²) in [6.07, 6.45) is 8.19. The Bertz CT molecular complexity index is 1540. The van der Waals surface area contributed by atoms with Crippen molar-refractivity contribution in [3.05, 3.63) is 94.0 Å². The van der Waals surface area contributed by atoms with E-state index in [1.54, 1.807) is 0 Å². The Hall–Kier alpha value is -3.70. The lowest BCUT2D eigenvalue weighted by atomic mass is 10.0. The van der Waals surface area contributed by atoms with Crippen molar-refractivity contribution < 1.29 is 0 Å². The summed E-state index contributed by atoms with van der Waals surface area (Å²) in [6.45, 7) is 0. The average molecular weight is 465 g/mol. The maximum atomic E-state index is 4.92. The van der Waals surface area contributed by atoms with Crippen LogP contribution in [0.25, 0.3) is 57.5 Å². The van der Waals surface area contributed by atoms with Gasteiger partial charge >= 0.3 is 0 Å². The van der Waals surface area contributed by atoms with Crippen LogP contribution in [0.3, 0.4) is 0 Å². The van der Waals surface area contributed by atoms with Crippen LogP contribution >= 0.6 is 15.9 Å². The molecule has 5 heterocycles. The van der Waals surface area contributed by atoms with Crippen LogP contribution in [-0.4, -0.2) is 19.9 Å². The molecule has 1 aromatic carbocycles. The molecule has 2 aliphatic rings. The average Bonchev–Trinajstić information content (AvgIpc) is 3.55. The maximum Gasteiger partial charge on any atom is 0.0736 e. The fourth-order valence-electron chi connectivity index (χ4n) is 3.93. The lowest BCUT2D eigenvalue weighted by molar-refractivity contribution is 1.31. The number of nitrogens with zero attached hydrogens (tertiary/aromatic N) is 2. The van der Waals surface area contributed by atoms with Crippen molar-refractivity contribution >= 4 is 62.3 Å². The van der Waals surface area contributed by atoms with Crippen molar-refractivity contribution in [3.63, 3.8) is 0 Å². The lowest BCUT2D eigenvalue weighted by Crippen LogP contribution is -1.85. The van der Waals surface area contributed by atoms with Crippen molar-refractivity contribution in [2.45, 2.75) is 0 Å². The minimum Gasteiger partial charge on any atom is -0.355 e. The third-order valence-corrected chi connectivity index (χ3v) is 5.88. The number of rotatable bonds is 1. The highest BCUT2D eigenvalue weighted by Gasteiger charge is 2.10. The molecule has 6 rings (SSSR count). The van der Waals surface area contributed by atoms with Gasteiger partial charge in [-0.15, -0.1) is 0 Å². The zero-order valence-electron chi connectivity index (χ0n) is 16.4. The van der Waals surface area contributed by atoms with Crippen molar-refractivity contribution in [2.75, 3.05) is 0 Å². The summed E-state index contributed by atoms with van der Waals surface area (Å²) in [4.78, 5) is 16.6. The largest absolute Gasteiger partial charge is 0.355 e. The number of halogens is 1. The number of fused-ring (bicyclic) bond motifs is 8. The van der Waals surface area contributed by atoms with E-state index in [2.05, 4.69) is 98.7 Å². The van der Waals surface area contributed by atoms with Crippen molar-refractivity contribution in [1.82, 2.24) is 19.9 Å². The Morgan fingerprint density at radius 1 is 0.581 bits per heavy atom. The number of nitrogens with one attached hydrogen (secondary N) is 2. The summed E-state index contributed by atoms with van der Waals surface area (Å²) in [5.74, 6) is 0. The molecule has 0 amide bonds. The fourth-order valence-corrected chi connectivity index (χ4v) is 4.19. The van der Waals surface area contributed by atoms with Crippen LogP contribution in [0, 0.1) is 0 Å². The van der Waals surface area contributed by atoms with E-state index in [0.717, 1.165) is 60.4 Å². The number of aromatic nitrogens is 4. The van der Waals surface area contributed by atoms with Gasteiger partial charge in [-0.1, -0.05) is 28.1 Å². The van der Waals surface area contributed by atoms with Crippen LogP contribution in [0.15, 0.2) is 71.2 Å². The highest BCUT2D eigenvalue weighted by Crippen LogP contribution is 2.30. The van der Waals surface area contributed by atoms with Crippen LogP contribution in [0.1, 0.15) is 22.8 Å². The summed E-state index contributed by atoms with van der Waals surface area (Å²) in [5, 5.41) is 0. The van der Waals surface area contributed by atoms with Crippen molar-refractivity contribution in [1.29, 1.82) is 0 Å². The molecule has 31 heavy (non-hydrogen) atoms. The highest BCUT2D eigenvalue weighted by atomic mass is 79.9. The summed E-state index contributed by atoms with van der Waals surface area (Å²) >= 11 is 3.54. The Balaban J connectivity index is 1.71. The van der Waals surface area contributed by atoms with Crippen LogP contribution in [0.5, 0.6) is 0 Å². The van der Waals surface area contributed by atoms with E-state index in [9.17, 15) is 0 Å². The monoisotopic (exact) mass is 464 g/mol. The van der Waals surface area contributed by atoms with E-state index in [-0.39, 0.29) is 0 Å². The standard InChI is InChI=1S/C26H17BrN4/c27-17-3-1-16(2-4-17)26-24-11-9-22(30-24)14-20-7-5-18(28-20)13-19-6-8-21(29-19)15-23-10-12-25(26)31-23/h1-15,28,31H. The Kier molecular flexibility index (Phi) is 4.21. The smallest absolute Gasteiger partial charge is 0.0736 e. The summed E-state index contributed by atoms with van der Waals surface area (Å²) in [6, 6.07) is 22.8. The van der Waals surface area contributed by atoms with Gasteiger partial charge in [-0.25, -0.2) is 9.97 Å². The first-order valence-corrected chi connectivity index (χ1v) is 10.8. The Morgan fingerprint density at radius 3 is 1.87 bits per heavy atom. The van der Waals surface area contributed by atoms with Crippen molar-refractivity contribution in [3.8, 4) is 11.1 Å². The molecule has 2 aliphatic heterocycles. The predicted octanol–water partition coefficient (Wildman–Crippen LogP) is 7.09. The van der Waals surface area contributed by atoms with Crippen LogP contribution < -0.4 is 0 Å². The zero-order chi connectivity index (χ0) is 20.8. The molecule has 5 heteroatoms. The SMILES string of the molecule is Brc1ccc(-c2c3nc(cc4ccc(cc5nc(cc6ccc2[nH]6)C=C5)[nH]4)C=C3)cc1. The molecule has 2 N–H and O–H groups in total. The zero-order valence-corrected chi connectivity index (χ0v) is 18.0. The molecule has 0 saturated carbocycles. The summed E-state index contributed by atoms with van der Waals surface area (Å²) in [7, 11) is 0. The second-order valence-corrected chi connectivity index (χ2v) is 8.48.